The zero-order chi connectivity index (χ0) is 19.9. The van der Waals surface area contributed by atoms with Gasteiger partial charge in [0.15, 0.2) is 0 Å². The summed E-state index contributed by atoms with van der Waals surface area (Å²) in [6.45, 7) is 9.40. The van der Waals surface area contributed by atoms with Crippen LogP contribution >= 0.6 is 24.8 Å². The van der Waals surface area contributed by atoms with Gasteiger partial charge in [-0.25, -0.2) is 4.79 Å². The van der Waals surface area contributed by atoms with E-state index in [0.29, 0.717) is 19.5 Å². The highest BCUT2D eigenvalue weighted by Crippen LogP contribution is 2.17. The number of nitrogens with one attached hydrogen (secondary N) is 1. The molecule has 2 saturated heterocycles. The third-order valence-corrected chi connectivity index (χ3v) is 5.23. The number of amides is 2. The molecule has 1 unspecified atom stereocenters. The lowest BCUT2D eigenvalue weighted by atomic mass is 10.2. The van der Waals surface area contributed by atoms with Crippen LogP contribution in [0, 0.1) is 0 Å². The van der Waals surface area contributed by atoms with Gasteiger partial charge in [-0.15, -0.1) is 24.8 Å². The minimum atomic E-state index is -0.408. The van der Waals surface area contributed by atoms with Crippen molar-refractivity contribution < 1.29 is 14.3 Å². The Morgan fingerprint density at radius 2 is 1.70 bits per heavy atom. The van der Waals surface area contributed by atoms with E-state index in [2.05, 4.69) is 39.4 Å². The number of halogens is 2. The maximum absolute atomic E-state index is 12.1. The predicted molar refractivity (Wildman–Crippen MR) is 124 cm³/mol. The van der Waals surface area contributed by atoms with Gasteiger partial charge in [0, 0.05) is 57.4 Å². The predicted octanol–water partition coefficient (Wildman–Crippen LogP) is 2.78. The molecule has 2 heterocycles. The Labute approximate surface area is 191 Å². The summed E-state index contributed by atoms with van der Waals surface area (Å²) in [5.74, 6) is 0.159. The first kappa shape index (κ1) is 26.3. The average molecular weight is 461 g/mol. The molecule has 1 atom stereocenters. The number of likely N-dealkylation sites (tertiary alicyclic amines) is 1. The summed E-state index contributed by atoms with van der Waals surface area (Å²) >= 11 is 0. The number of hydrogen-bond donors (Lipinski definition) is 1. The lowest BCUT2D eigenvalue weighted by molar-refractivity contribution is -0.129. The molecule has 0 radical (unpaired) electrons. The molecule has 9 heteroatoms. The molecule has 0 saturated carbocycles. The third-order valence-electron chi connectivity index (χ3n) is 5.23. The zero-order valence-corrected chi connectivity index (χ0v) is 19.4. The van der Waals surface area contributed by atoms with Gasteiger partial charge >= 0.3 is 6.09 Å². The number of nitrogens with zero attached hydrogens (tertiary/aromatic N) is 3. The van der Waals surface area contributed by atoms with Crippen LogP contribution in [-0.2, 0) is 9.53 Å². The van der Waals surface area contributed by atoms with E-state index in [9.17, 15) is 9.59 Å². The van der Waals surface area contributed by atoms with Crippen LogP contribution in [0.1, 0.15) is 26.7 Å². The van der Waals surface area contributed by atoms with Gasteiger partial charge in [-0.05, 0) is 32.4 Å². The van der Waals surface area contributed by atoms with Crippen LogP contribution in [-0.4, -0.2) is 79.8 Å². The number of para-hydroxylation sites is 1. The summed E-state index contributed by atoms with van der Waals surface area (Å²) in [5.41, 5.74) is 1.24. The molecule has 0 bridgehead atoms. The van der Waals surface area contributed by atoms with Crippen LogP contribution in [0.2, 0.25) is 0 Å². The SMILES string of the molecule is CC(C)NC(=O)OC(CN1CCN(c2ccccc2)CC1)CN1CCCC1=O.Cl.Cl. The van der Waals surface area contributed by atoms with E-state index in [1.807, 2.05) is 24.8 Å². The van der Waals surface area contributed by atoms with Gasteiger partial charge in [-0.2, -0.15) is 0 Å². The molecule has 2 fully saturated rings. The molecule has 0 aliphatic carbocycles. The Hall–Kier alpha value is -1.70. The van der Waals surface area contributed by atoms with Gasteiger partial charge in [0.05, 0.1) is 6.54 Å². The molecule has 0 spiro atoms. The fourth-order valence-corrected chi connectivity index (χ4v) is 3.81. The molecule has 170 valence electrons. The number of carbonyl (C=O) groups is 2. The summed E-state index contributed by atoms with van der Waals surface area (Å²) in [7, 11) is 0. The van der Waals surface area contributed by atoms with Crippen LogP contribution in [0.15, 0.2) is 30.3 Å². The Morgan fingerprint density at radius 1 is 1.03 bits per heavy atom. The molecule has 1 aromatic rings. The van der Waals surface area contributed by atoms with Crippen molar-refractivity contribution in [1.29, 1.82) is 0 Å². The Morgan fingerprint density at radius 3 is 2.27 bits per heavy atom. The van der Waals surface area contributed by atoms with Gasteiger partial charge in [-0.3, -0.25) is 9.69 Å². The van der Waals surface area contributed by atoms with E-state index in [0.717, 1.165) is 39.1 Å². The minimum Gasteiger partial charge on any atom is -0.443 e. The van der Waals surface area contributed by atoms with Crippen LogP contribution in [0.4, 0.5) is 10.5 Å². The van der Waals surface area contributed by atoms with Crippen LogP contribution < -0.4 is 10.2 Å². The maximum Gasteiger partial charge on any atom is 0.407 e. The van der Waals surface area contributed by atoms with Crippen LogP contribution in [0.3, 0.4) is 0 Å². The van der Waals surface area contributed by atoms with Crippen LogP contribution in [0.25, 0.3) is 0 Å². The van der Waals surface area contributed by atoms with E-state index < -0.39 is 6.09 Å². The number of anilines is 1. The Kier molecular flexibility index (Phi) is 11.3. The van der Waals surface area contributed by atoms with Gasteiger partial charge in [0.1, 0.15) is 6.10 Å². The first-order chi connectivity index (χ1) is 13.5. The highest BCUT2D eigenvalue weighted by atomic mass is 35.5. The molecule has 7 nitrogen and oxygen atoms in total. The van der Waals surface area contributed by atoms with Crippen molar-refractivity contribution in [3.05, 3.63) is 30.3 Å². The number of rotatable bonds is 7. The monoisotopic (exact) mass is 460 g/mol. The largest absolute Gasteiger partial charge is 0.443 e. The lowest BCUT2D eigenvalue weighted by Gasteiger charge is -2.38. The molecular weight excluding hydrogens is 427 g/mol. The van der Waals surface area contributed by atoms with Crippen molar-refractivity contribution in [2.24, 2.45) is 0 Å². The van der Waals surface area contributed by atoms with E-state index in [4.69, 9.17) is 4.74 Å². The summed E-state index contributed by atoms with van der Waals surface area (Å²) in [4.78, 5) is 30.7. The normalized spacial score (nSPS) is 17.9. The van der Waals surface area contributed by atoms with Crippen molar-refractivity contribution in [2.45, 2.75) is 38.8 Å². The first-order valence-corrected chi connectivity index (χ1v) is 10.3. The fraction of sp³-hybridized carbons (Fsp3) is 0.619. The van der Waals surface area contributed by atoms with Crippen molar-refractivity contribution >= 4 is 42.5 Å². The number of hydrogen-bond acceptors (Lipinski definition) is 5. The summed E-state index contributed by atoms with van der Waals surface area (Å²) in [5, 5.41) is 2.78. The second kappa shape index (κ2) is 12.9. The molecule has 2 amide bonds. The molecule has 2 aliphatic heterocycles. The number of ether oxygens (including phenoxy) is 1. The second-order valence-corrected chi connectivity index (χ2v) is 7.89. The molecule has 30 heavy (non-hydrogen) atoms. The highest BCUT2D eigenvalue weighted by Gasteiger charge is 2.28. The van der Waals surface area contributed by atoms with Crippen molar-refractivity contribution in [1.82, 2.24) is 15.1 Å². The van der Waals surface area contributed by atoms with Gasteiger partial charge < -0.3 is 19.9 Å². The number of carbonyl (C=O) groups excluding carboxylic acids is 2. The van der Waals surface area contributed by atoms with E-state index >= 15 is 0 Å². The molecular formula is C21H34Cl2N4O3. The van der Waals surface area contributed by atoms with Gasteiger partial charge in [0.2, 0.25) is 5.91 Å². The number of piperazine rings is 1. The smallest absolute Gasteiger partial charge is 0.407 e. The summed E-state index contributed by atoms with van der Waals surface area (Å²) in [6, 6.07) is 10.4. The highest BCUT2D eigenvalue weighted by molar-refractivity contribution is 5.85. The van der Waals surface area contributed by atoms with Gasteiger partial charge in [-0.1, -0.05) is 18.2 Å². The Balaban J connectivity index is 0.00000225. The van der Waals surface area contributed by atoms with Gasteiger partial charge in [0.25, 0.3) is 0 Å². The molecule has 2 aliphatic rings. The molecule has 0 aromatic heterocycles. The topological polar surface area (TPSA) is 65.1 Å². The van der Waals surface area contributed by atoms with Crippen molar-refractivity contribution in [3.63, 3.8) is 0 Å². The van der Waals surface area contributed by atoms with E-state index in [1.165, 1.54) is 5.69 Å². The first-order valence-electron chi connectivity index (χ1n) is 10.3. The fourth-order valence-electron chi connectivity index (χ4n) is 3.81. The van der Waals surface area contributed by atoms with E-state index in [-0.39, 0.29) is 42.9 Å². The molecule has 3 rings (SSSR count). The summed E-state index contributed by atoms with van der Waals surface area (Å²) < 4.78 is 5.69. The molecule has 1 aromatic carbocycles. The number of alkyl carbamates (subject to hydrolysis) is 1. The minimum absolute atomic E-state index is 0. The zero-order valence-electron chi connectivity index (χ0n) is 17.8. The van der Waals surface area contributed by atoms with Crippen molar-refractivity contribution in [2.75, 3.05) is 50.7 Å². The average Bonchev–Trinajstić information content (AvgIpc) is 3.07. The maximum atomic E-state index is 12.1. The lowest BCUT2D eigenvalue weighted by Crippen LogP contribution is -2.51. The standard InChI is InChI=1S/C21H32N4O3.2ClH/c1-17(2)22-21(27)28-19(16-25-10-6-9-20(25)26)15-23-11-13-24(14-12-23)18-7-4-3-5-8-18;;/h3-5,7-8,17,19H,6,9-16H2,1-2H3,(H,22,27);2*1H. The van der Waals surface area contributed by atoms with E-state index in [1.54, 1.807) is 0 Å². The second-order valence-electron chi connectivity index (χ2n) is 7.89. The Bertz CT molecular complexity index is 655. The van der Waals surface area contributed by atoms with Crippen molar-refractivity contribution in [3.8, 4) is 0 Å². The quantitative estimate of drug-likeness (QED) is 0.677. The molecule has 1 N–H and O–H groups in total. The van der Waals surface area contributed by atoms with Crippen LogP contribution in [0.5, 0.6) is 0 Å². The third kappa shape index (κ3) is 7.85. The number of benzene rings is 1. The summed E-state index contributed by atoms with van der Waals surface area (Å²) in [6.07, 6.45) is 0.763.